The van der Waals surface area contributed by atoms with Crippen molar-refractivity contribution in [2.75, 3.05) is 31.1 Å². The smallest absolute Gasteiger partial charge is 0.245 e. The number of nitrogens with zero attached hydrogens (tertiary/aromatic N) is 4. The number of para-hydroxylation sites is 1. The normalized spacial score (nSPS) is 15.9. The summed E-state index contributed by atoms with van der Waals surface area (Å²) in [5, 5.41) is 7.93. The van der Waals surface area contributed by atoms with Gasteiger partial charge in [-0.2, -0.15) is 4.31 Å². The van der Waals surface area contributed by atoms with Crippen molar-refractivity contribution < 1.29 is 17.5 Å². The molecule has 5 rings (SSSR count). The highest BCUT2D eigenvalue weighted by molar-refractivity contribution is 7.89. The molecule has 3 heterocycles. The molecule has 0 unspecified atom stereocenters. The fraction of sp³-hybridized carbons (Fsp3) is 0.211. The largest absolute Gasteiger partial charge is 0.462 e. The summed E-state index contributed by atoms with van der Waals surface area (Å²) >= 11 is 0. The molecule has 0 bridgehead atoms. The van der Waals surface area contributed by atoms with Crippen LogP contribution in [0.1, 0.15) is 0 Å². The monoisotopic (exact) mass is 412 g/mol. The second-order valence-electron chi connectivity index (χ2n) is 6.73. The average Bonchev–Trinajstić information content (AvgIpc) is 3.23. The van der Waals surface area contributed by atoms with Crippen LogP contribution in [0.2, 0.25) is 0 Å². The highest BCUT2D eigenvalue weighted by Crippen LogP contribution is 2.25. The van der Waals surface area contributed by atoms with Crippen LogP contribution in [0.4, 0.5) is 5.69 Å². The molecule has 1 fully saturated rings. The molecule has 0 spiro atoms. The molecule has 2 aromatic heterocycles. The van der Waals surface area contributed by atoms with Crippen molar-refractivity contribution in [3.63, 3.8) is 0 Å². The van der Waals surface area contributed by atoms with E-state index in [2.05, 4.69) is 14.9 Å². The van der Waals surface area contributed by atoms with Gasteiger partial charge in [0.1, 0.15) is 27.9 Å². The molecule has 0 atom stereocenters. The summed E-state index contributed by atoms with van der Waals surface area (Å²) < 4.78 is 37.8. The predicted molar refractivity (Wildman–Crippen MR) is 105 cm³/mol. The third kappa shape index (κ3) is 2.88. The van der Waals surface area contributed by atoms with Gasteiger partial charge in [0.25, 0.3) is 0 Å². The summed E-state index contributed by atoms with van der Waals surface area (Å²) in [6.07, 6.45) is 1.44. The zero-order valence-electron chi connectivity index (χ0n) is 15.2. The Morgan fingerprint density at radius 2 is 1.72 bits per heavy atom. The first-order valence-electron chi connectivity index (χ1n) is 9.02. The van der Waals surface area contributed by atoms with Gasteiger partial charge in [-0.05, 0) is 34.6 Å². The Bertz CT molecular complexity index is 1370. The van der Waals surface area contributed by atoms with Crippen molar-refractivity contribution in [1.82, 2.24) is 14.6 Å². The molecule has 0 saturated carbocycles. The number of rotatable bonds is 3. The third-order valence-electron chi connectivity index (χ3n) is 5.11. The van der Waals surface area contributed by atoms with Gasteiger partial charge in [-0.1, -0.05) is 18.2 Å². The van der Waals surface area contributed by atoms with E-state index in [0.29, 0.717) is 35.3 Å². The standard InChI is InChI=1S/C19H16N4O5S/c24-19-13-4-1-2-6-16(13)27-12-15(19)22-8-10-23(11-9-22)29(25,26)17-7-3-5-14-18(17)21-28-20-14/h1-7,12H,8-11H2. The fourth-order valence-corrected chi connectivity index (χ4v) is 5.14. The van der Waals surface area contributed by atoms with E-state index in [1.165, 1.54) is 16.6 Å². The van der Waals surface area contributed by atoms with E-state index in [9.17, 15) is 13.2 Å². The minimum absolute atomic E-state index is 0.0647. The van der Waals surface area contributed by atoms with E-state index < -0.39 is 10.0 Å². The maximum absolute atomic E-state index is 13.1. The molecular formula is C19H16N4O5S. The van der Waals surface area contributed by atoms with Crippen molar-refractivity contribution in [3.05, 3.63) is 59.0 Å². The average molecular weight is 412 g/mol. The number of hydrogen-bond acceptors (Lipinski definition) is 8. The number of aromatic nitrogens is 2. The first-order chi connectivity index (χ1) is 14.1. The van der Waals surface area contributed by atoms with Gasteiger partial charge in [-0.25, -0.2) is 13.0 Å². The lowest BCUT2D eigenvalue weighted by Crippen LogP contribution is -2.49. The van der Waals surface area contributed by atoms with Crippen molar-refractivity contribution in [3.8, 4) is 0 Å². The van der Waals surface area contributed by atoms with E-state index in [4.69, 9.17) is 4.42 Å². The second kappa shape index (κ2) is 6.68. The molecule has 1 saturated heterocycles. The van der Waals surface area contributed by atoms with Crippen molar-refractivity contribution in [1.29, 1.82) is 0 Å². The summed E-state index contributed by atoms with van der Waals surface area (Å²) in [4.78, 5) is 14.7. The van der Waals surface area contributed by atoms with Gasteiger partial charge in [-0.3, -0.25) is 4.79 Å². The molecule has 1 aliphatic rings. The molecule has 10 heteroatoms. The highest BCUT2D eigenvalue weighted by Gasteiger charge is 2.31. The van der Waals surface area contributed by atoms with Crippen molar-refractivity contribution >= 4 is 37.7 Å². The lowest BCUT2D eigenvalue weighted by atomic mass is 10.2. The van der Waals surface area contributed by atoms with Crippen LogP contribution in [0.5, 0.6) is 0 Å². The third-order valence-corrected chi connectivity index (χ3v) is 7.04. The summed E-state index contributed by atoms with van der Waals surface area (Å²) in [5.74, 6) is 0. The van der Waals surface area contributed by atoms with Gasteiger partial charge in [-0.15, -0.1) is 0 Å². The number of benzene rings is 2. The summed E-state index contributed by atoms with van der Waals surface area (Å²) in [6, 6.07) is 11.8. The highest BCUT2D eigenvalue weighted by atomic mass is 32.2. The minimum Gasteiger partial charge on any atom is -0.462 e. The quantitative estimate of drug-likeness (QED) is 0.501. The van der Waals surface area contributed by atoms with Gasteiger partial charge in [0.15, 0.2) is 5.52 Å². The van der Waals surface area contributed by atoms with Crippen LogP contribution in [0.3, 0.4) is 0 Å². The number of hydrogen-bond donors (Lipinski definition) is 0. The molecule has 9 nitrogen and oxygen atoms in total. The lowest BCUT2D eigenvalue weighted by molar-refractivity contribution is 0.315. The summed E-state index contributed by atoms with van der Waals surface area (Å²) in [6.45, 7) is 1.21. The zero-order chi connectivity index (χ0) is 20.0. The van der Waals surface area contributed by atoms with Crippen molar-refractivity contribution in [2.24, 2.45) is 0 Å². The molecule has 29 heavy (non-hydrogen) atoms. The Labute approximate surface area is 165 Å². The molecule has 2 aromatic carbocycles. The first-order valence-corrected chi connectivity index (χ1v) is 10.5. The topological polar surface area (TPSA) is 110 Å². The maximum Gasteiger partial charge on any atom is 0.245 e. The Kier molecular flexibility index (Phi) is 4.10. The molecule has 1 aliphatic heterocycles. The van der Waals surface area contributed by atoms with Crippen LogP contribution in [0, 0.1) is 0 Å². The van der Waals surface area contributed by atoms with Crippen LogP contribution in [0.25, 0.3) is 22.0 Å². The Morgan fingerprint density at radius 1 is 0.931 bits per heavy atom. The Morgan fingerprint density at radius 3 is 2.55 bits per heavy atom. The van der Waals surface area contributed by atoms with E-state index in [1.54, 1.807) is 36.4 Å². The van der Waals surface area contributed by atoms with Crippen LogP contribution >= 0.6 is 0 Å². The van der Waals surface area contributed by atoms with Gasteiger partial charge in [0.05, 0.1) is 5.39 Å². The van der Waals surface area contributed by atoms with Gasteiger partial charge >= 0.3 is 0 Å². The first kappa shape index (κ1) is 17.8. The maximum atomic E-state index is 13.1. The van der Waals surface area contributed by atoms with Gasteiger partial charge in [0.2, 0.25) is 15.5 Å². The van der Waals surface area contributed by atoms with Crippen LogP contribution in [-0.2, 0) is 10.0 Å². The van der Waals surface area contributed by atoms with E-state index in [1.807, 2.05) is 4.90 Å². The van der Waals surface area contributed by atoms with Gasteiger partial charge < -0.3 is 9.32 Å². The number of sulfonamides is 1. The number of fused-ring (bicyclic) bond motifs is 2. The molecule has 148 valence electrons. The summed E-state index contributed by atoms with van der Waals surface area (Å²) in [5.41, 5.74) is 1.44. The van der Waals surface area contributed by atoms with Crippen molar-refractivity contribution in [2.45, 2.75) is 4.90 Å². The molecule has 4 aromatic rings. The van der Waals surface area contributed by atoms with Gasteiger partial charge in [0, 0.05) is 26.2 Å². The predicted octanol–water partition coefficient (Wildman–Crippen LogP) is 1.84. The second-order valence-corrected chi connectivity index (χ2v) is 8.63. The van der Waals surface area contributed by atoms with E-state index in [-0.39, 0.29) is 28.9 Å². The zero-order valence-corrected chi connectivity index (χ0v) is 16.0. The molecule has 0 aliphatic carbocycles. The molecule has 0 amide bonds. The fourth-order valence-electron chi connectivity index (χ4n) is 3.58. The molecule has 0 radical (unpaired) electrons. The van der Waals surface area contributed by atoms with Crippen LogP contribution in [-0.4, -0.2) is 49.2 Å². The number of piperazine rings is 1. The van der Waals surface area contributed by atoms with E-state index >= 15 is 0 Å². The molecular weight excluding hydrogens is 396 g/mol. The molecule has 0 N–H and O–H groups in total. The Hall–Kier alpha value is -3.24. The van der Waals surface area contributed by atoms with Crippen LogP contribution < -0.4 is 10.3 Å². The number of anilines is 1. The SMILES string of the molecule is O=c1c(N2CCN(S(=O)(=O)c3cccc4nonc34)CC2)coc2ccccc12. The Balaban J connectivity index is 1.41. The minimum atomic E-state index is -3.77. The summed E-state index contributed by atoms with van der Waals surface area (Å²) in [7, 11) is -3.77. The van der Waals surface area contributed by atoms with Crippen LogP contribution in [0.15, 0.2) is 67.5 Å². The lowest BCUT2D eigenvalue weighted by Gasteiger charge is -2.34. The van der Waals surface area contributed by atoms with E-state index in [0.717, 1.165) is 0 Å².